The second-order valence-corrected chi connectivity index (χ2v) is 6.57. The van der Waals surface area contributed by atoms with Gasteiger partial charge in [-0.05, 0) is 60.5 Å². The van der Waals surface area contributed by atoms with Gasteiger partial charge in [0, 0.05) is 11.8 Å². The van der Waals surface area contributed by atoms with E-state index >= 15 is 0 Å². The van der Waals surface area contributed by atoms with Crippen LogP contribution in [0.4, 0.5) is 5.69 Å². The number of nitrogens with zero attached hydrogens (tertiary/aromatic N) is 1. The third-order valence-electron chi connectivity index (χ3n) is 4.40. The molecule has 0 amide bonds. The first-order valence-electron chi connectivity index (χ1n) is 9.24. The summed E-state index contributed by atoms with van der Waals surface area (Å²) in [6.07, 6.45) is 1.69. The van der Waals surface area contributed by atoms with Crippen molar-refractivity contribution >= 4 is 23.7 Å². The van der Waals surface area contributed by atoms with Crippen LogP contribution < -0.4 is 9.47 Å². The lowest BCUT2D eigenvalue weighted by molar-refractivity contribution is 0.0696. The second-order valence-electron chi connectivity index (χ2n) is 6.57. The molecule has 152 valence electrons. The summed E-state index contributed by atoms with van der Waals surface area (Å²) in [6.45, 7) is 1.80. The molecule has 0 radical (unpaired) electrons. The summed E-state index contributed by atoms with van der Waals surface area (Å²) in [5, 5.41) is 8.96. The van der Waals surface area contributed by atoms with Crippen molar-refractivity contribution < 1.29 is 24.2 Å². The topological polar surface area (TPSA) is 85.2 Å². The minimum atomic E-state index is -0.964. The van der Waals surface area contributed by atoms with Gasteiger partial charge in [-0.25, -0.2) is 4.79 Å². The van der Waals surface area contributed by atoms with Gasteiger partial charge in [-0.3, -0.25) is 9.79 Å². The number of carbonyl (C=O) groups excluding carboxylic acids is 1. The molecule has 0 fully saturated rings. The van der Waals surface area contributed by atoms with Crippen molar-refractivity contribution in [3.8, 4) is 11.5 Å². The number of carboxylic acid groups (broad SMARTS) is 1. The summed E-state index contributed by atoms with van der Waals surface area (Å²) < 4.78 is 11.2. The summed E-state index contributed by atoms with van der Waals surface area (Å²) in [6, 6.07) is 19.1. The number of hydrogen-bond acceptors (Lipinski definition) is 5. The highest BCUT2D eigenvalue weighted by atomic mass is 16.5. The average molecular weight is 403 g/mol. The van der Waals surface area contributed by atoms with Crippen molar-refractivity contribution in [1.82, 2.24) is 0 Å². The van der Waals surface area contributed by atoms with Crippen LogP contribution in [0.1, 0.15) is 38.8 Å². The Bertz CT molecular complexity index is 1090. The van der Waals surface area contributed by atoms with Crippen molar-refractivity contribution in [2.45, 2.75) is 13.5 Å². The third-order valence-corrected chi connectivity index (χ3v) is 4.40. The van der Waals surface area contributed by atoms with E-state index in [9.17, 15) is 9.59 Å². The SMILES string of the molecule is COc1cc(C=Nc2cccc(C(C)=O)c2)ccc1OCc1ccc(C(=O)O)cc1. The molecule has 0 aromatic heterocycles. The van der Waals surface area contributed by atoms with Gasteiger partial charge in [0.15, 0.2) is 17.3 Å². The fourth-order valence-electron chi connectivity index (χ4n) is 2.74. The average Bonchev–Trinajstić information content (AvgIpc) is 2.77. The number of Topliss-reactive ketones (excluding diaryl/α,β-unsaturated/α-hetero) is 1. The first-order valence-corrected chi connectivity index (χ1v) is 9.24. The highest BCUT2D eigenvalue weighted by Crippen LogP contribution is 2.28. The van der Waals surface area contributed by atoms with Gasteiger partial charge in [-0.15, -0.1) is 0 Å². The maximum Gasteiger partial charge on any atom is 0.335 e. The Hall–Kier alpha value is -3.93. The van der Waals surface area contributed by atoms with E-state index in [1.54, 1.807) is 67.9 Å². The van der Waals surface area contributed by atoms with E-state index in [0.29, 0.717) is 22.7 Å². The second kappa shape index (κ2) is 9.52. The van der Waals surface area contributed by atoms with Gasteiger partial charge in [0.2, 0.25) is 0 Å². The van der Waals surface area contributed by atoms with E-state index in [2.05, 4.69) is 4.99 Å². The van der Waals surface area contributed by atoms with Crippen LogP contribution in [-0.2, 0) is 6.61 Å². The molecule has 0 saturated heterocycles. The van der Waals surface area contributed by atoms with Gasteiger partial charge in [0.05, 0.1) is 18.4 Å². The van der Waals surface area contributed by atoms with Crippen molar-refractivity contribution in [2.24, 2.45) is 4.99 Å². The number of rotatable bonds is 8. The van der Waals surface area contributed by atoms with Crippen molar-refractivity contribution in [3.05, 3.63) is 89.0 Å². The van der Waals surface area contributed by atoms with Gasteiger partial charge < -0.3 is 14.6 Å². The molecule has 0 saturated carbocycles. The lowest BCUT2D eigenvalue weighted by Gasteiger charge is -2.11. The molecule has 1 N–H and O–H groups in total. The molecule has 3 aromatic rings. The van der Waals surface area contributed by atoms with Crippen LogP contribution in [0.2, 0.25) is 0 Å². The van der Waals surface area contributed by atoms with Crippen LogP contribution >= 0.6 is 0 Å². The van der Waals surface area contributed by atoms with Crippen LogP contribution in [0.5, 0.6) is 11.5 Å². The number of carboxylic acids is 1. The van der Waals surface area contributed by atoms with Gasteiger partial charge >= 0.3 is 5.97 Å². The van der Waals surface area contributed by atoms with Gasteiger partial charge in [0.25, 0.3) is 0 Å². The number of aromatic carboxylic acids is 1. The molecule has 6 nitrogen and oxygen atoms in total. The number of hydrogen-bond donors (Lipinski definition) is 1. The Morgan fingerprint density at radius 2 is 1.73 bits per heavy atom. The predicted molar refractivity (Wildman–Crippen MR) is 114 cm³/mol. The minimum Gasteiger partial charge on any atom is -0.493 e. The van der Waals surface area contributed by atoms with E-state index in [0.717, 1.165) is 11.1 Å². The largest absolute Gasteiger partial charge is 0.493 e. The van der Waals surface area contributed by atoms with Crippen molar-refractivity contribution in [3.63, 3.8) is 0 Å². The molecule has 0 unspecified atom stereocenters. The number of benzene rings is 3. The quantitative estimate of drug-likeness (QED) is 0.426. The van der Waals surface area contributed by atoms with Crippen molar-refractivity contribution in [2.75, 3.05) is 7.11 Å². The van der Waals surface area contributed by atoms with Crippen LogP contribution in [0, 0.1) is 0 Å². The van der Waals surface area contributed by atoms with Crippen LogP contribution in [-0.4, -0.2) is 30.2 Å². The zero-order valence-electron chi connectivity index (χ0n) is 16.7. The Kier molecular flexibility index (Phi) is 6.60. The Balaban J connectivity index is 1.70. The van der Waals surface area contributed by atoms with E-state index in [-0.39, 0.29) is 18.0 Å². The maximum absolute atomic E-state index is 11.5. The maximum atomic E-state index is 11.5. The monoisotopic (exact) mass is 403 g/mol. The minimum absolute atomic E-state index is 0.00665. The summed E-state index contributed by atoms with van der Waals surface area (Å²) in [5.74, 6) is 0.149. The lowest BCUT2D eigenvalue weighted by Crippen LogP contribution is -2.00. The Labute approximate surface area is 174 Å². The van der Waals surface area contributed by atoms with Crippen LogP contribution in [0.25, 0.3) is 0 Å². The molecule has 3 aromatic carbocycles. The zero-order valence-corrected chi connectivity index (χ0v) is 16.7. The van der Waals surface area contributed by atoms with Crippen molar-refractivity contribution in [1.29, 1.82) is 0 Å². The third kappa shape index (κ3) is 5.32. The van der Waals surface area contributed by atoms with E-state index in [1.165, 1.54) is 6.92 Å². The standard InChI is InChI=1S/C24H21NO5/c1-16(26)20-4-3-5-21(13-20)25-14-18-8-11-22(23(12-18)29-2)30-15-17-6-9-19(10-7-17)24(27)28/h3-14H,15H2,1-2H3,(H,27,28). The molecular formula is C24H21NO5. The zero-order chi connectivity index (χ0) is 21.5. The summed E-state index contributed by atoms with van der Waals surface area (Å²) in [5.41, 5.74) is 3.19. The molecule has 3 rings (SSSR count). The molecule has 0 aliphatic heterocycles. The van der Waals surface area contributed by atoms with E-state index < -0.39 is 5.97 Å². The number of ketones is 1. The molecule has 6 heteroatoms. The highest BCUT2D eigenvalue weighted by Gasteiger charge is 2.07. The summed E-state index contributed by atoms with van der Waals surface area (Å²) >= 11 is 0. The lowest BCUT2D eigenvalue weighted by atomic mass is 10.1. The molecule has 0 aliphatic carbocycles. The molecule has 0 atom stereocenters. The molecule has 0 bridgehead atoms. The van der Waals surface area contributed by atoms with Gasteiger partial charge in [-0.2, -0.15) is 0 Å². The first kappa shape index (κ1) is 20.8. The fraction of sp³-hybridized carbons (Fsp3) is 0.125. The number of methoxy groups -OCH3 is 1. The predicted octanol–water partition coefficient (Wildman–Crippen LogP) is 4.93. The summed E-state index contributed by atoms with van der Waals surface area (Å²) in [4.78, 5) is 26.8. The highest BCUT2D eigenvalue weighted by molar-refractivity contribution is 5.95. The van der Waals surface area contributed by atoms with E-state index in [1.807, 2.05) is 12.1 Å². The normalized spacial score (nSPS) is 10.7. The fourth-order valence-corrected chi connectivity index (χ4v) is 2.74. The molecular weight excluding hydrogens is 382 g/mol. The summed E-state index contributed by atoms with van der Waals surface area (Å²) in [7, 11) is 1.56. The Morgan fingerprint density at radius 1 is 0.967 bits per heavy atom. The number of carbonyl (C=O) groups is 2. The van der Waals surface area contributed by atoms with Crippen LogP contribution in [0.15, 0.2) is 71.7 Å². The number of ether oxygens (including phenoxy) is 2. The van der Waals surface area contributed by atoms with Gasteiger partial charge in [0.1, 0.15) is 6.61 Å². The molecule has 0 spiro atoms. The van der Waals surface area contributed by atoms with Gasteiger partial charge in [-0.1, -0.05) is 24.3 Å². The van der Waals surface area contributed by atoms with Crippen LogP contribution in [0.3, 0.4) is 0 Å². The Morgan fingerprint density at radius 3 is 2.40 bits per heavy atom. The number of aliphatic imine (C=N–C) groups is 1. The molecule has 0 aliphatic rings. The first-order chi connectivity index (χ1) is 14.5. The van der Waals surface area contributed by atoms with E-state index in [4.69, 9.17) is 14.6 Å². The smallest absolute Gasteiger partial charge is 0.335 e. The molecule has 0 heterocycles. The molecule has 30 heavy (non-hydrogen) atoms.